The molecule has 5 nitrogen and oxygen atoms in total. The molecule has 0 radical (unpaired) electrons. The summed E-state index contributed by atoms with van der Waals surface area (Å²) < 4.78 is 5.94. The summed E-state index contributed by atoms with van der Waals surface area (Å²) in [6.07, 6.45) is 1.75. The molecule has 0 aliphatic heterocycles. The van der Waals surface area contributed by atoms with Gasteiger partial charge in [0.25, 0.3) is 0 Å². The van der Waals surface area contributed by atoms with Gasteiger partial charge >= 0.3 is 0 Å². The normalized spacial score (nSPS) is 11.5. The third kappa shape index (κ3) is 2.81. The number of hydrogen-bond donors (Lipinski definition) is 0. The summed E-state index contributed by atoms with van der Waals surface area (Å²) in [6, 6.07) is 19.8. The number of nitrogens with zero attached hydrogens (tertiary/aromatic N) is 4. The summed E-state index contributed by atoms with van der Waals surface area (Å²) in [4.78, 5) is 18.5. The first-order valence-corrected chi connectivity index (χ1v) is 9.28. The Hall–Kier alpha value is -3.60. The Balaban J connectivity index is 1.71. The van der Waals surface area contributed by atoms with Crippen LogP contribution in [0.15, 0.2) is 71.3 Å². The second-order valence-corrected chi connectivity index (χ2v) is 7.02. The van der Waals surface area contributed by atoms with Crippen molar-refractivity contribution in [3.8, 4) is 22.9 Å². The first-order valence-electron chi connectivity index (χ1n) is 9.28. The highest BCUT2D eigenvalue weighted by Crippen LogP contribution is 2.32. The fraction of sp³-hybridized carbons (Fsp3) is 0.130. The summed E-state index contributed by atoms with van der Waals surface area (Å²) in [5, 5.41) is 2.14. The van der Waals surface area contributed by atoms with Crippen molar-refractivity contribution < 1.29 is 4.42 Å². The largest absolute Gasteiger partial charge is 0.456 e. The molecule has 0 spiro atoms. The molecule has 136 valence electrons. The standard InChI is InChI=1S/C23H18N4O/c1-14(2)21-25-22(27-23(26-21)18-8-5-6-12-24-18)15-10-11-20-17(13-15)16-7-3-4-9-19(16)28-20/h3-14H,1-2H3. The molecule has 3 heterocycles. The lowest BCUT2D eigenvalue weighted by atomic mass is 10.1. The molecule has 3 aromatic heterocycles. The summed E-state index contributed by atoms with van der Waals surface area (Å²) >= 11 is 0. The maximum atomic E-state index is 5.94. The number of pyridine rings is 1. The highest BCUT2D eigenvalue weighted by molar-refractivity contribution is 6.06. The fourth-order valence-corrected chi connectivity index (χ4v) is 3.25. The Labute approximate surface area is 162 Å². The molecule has 5 aromatic rings. The van der Waals surface area contributed by atoms with E-state index in [1.165, 1.54) is 0 Å². The summed E-state index contributed by atoms with van der Waals surface area (Å²) in [6.45, 7) is 4.15. The minimum Gasteiger partial charge on any atom is -0.456 e. The van der Waals surface area contributed by atoms with Gasteiger partial charge in [-0.25, -0.2) is 15.0 Å². The second-order valence-electron chi connectivity index (χ2n) is 7.02. The SMILES string of the molecule is CC(C)c1nc(-c2ccc3oc4ccccc4c3c2)nc(-c2ccccn2)n1. The topological polar surface area (TPSA) is 64.7 Å². The van der Waals surface area contributed by atoms with E-state index in [1.807, 2.05) is 48.5 Å². The average Bonchev–Trinajstić information content (AvgIpc) is 3.12. The van der Waals surface area contributed by atoms with Crippen LogP contribution >= 0.6 is 0 Å². The zero-order chi connectivity index (χ0) is 19.1. The third-order valence-corrected chi connectivity index (χ3v) is 4.70. The highest BCUT2D eigenvalue weighted by atomic mass is 16.3. The number of hydrogen-bond acceptors (Lipinski definition) is 5. The molecule has 5 rings (SSSR count). The predicted molar refractivity (Wildman–Crippen MR) is 110 cm³/mol. The number of furan rings is 1. The van der Waals surface area contributed by atoms with Gasteiger partial charge in [0.1, 0.15) is 22.7 Å². The van der Waals surface area contributed by atoms with Crippen molar-refractivity contribution in [2.75, 3.05) is 0 Å². The first kappa shape index (κ1) is 16.6. The molecule has 0 saturated carbocycles. The number of para-hydroxylation sites is 1. The monoisotopic (exact) mass is 366 g/mol. The zero-order valence-corrected chi connectivity index (χ0v) is 15.6. The van der Waals surface area contributed by atoms with Crippen LogP contribution in [0.25, 0.3) is 44.8 Å². The quantitative estimate of drug-likeness (QED) is 0.414. The zero-order valence-electron chi connectivity index (χ0n) is 15.6. The van der Waals surface area contributed by atoms with E-state index in [2.05, 4.69) is 35.9 Å². The highest BCUT2D eigenvalue weighted by Gasteiger charge is 2.15. The van der Waals surface area contributed by atoms with E-state index >= 15 is 0 Å². The smallest absolute Gasteiger partial charge is 0.182 e. The molecular formula is C23H18N4O. The van der Waals surface area contributed by atoms with Crippen molar-refractivity contribution in [3.05, 3.63) is 72.7 Å². The Kier molecular flexibility index (Phi) is 3.86. The van der Waals surface area contributed by atoms with Crippen LogP contribution in [0.1, 0.15) is 25.6 Å². The Bertz CT molecular complexity index is 1290. The number of rotatable bonds is 3. The van der Waals surface area contributed by atoms with Gasteiger partial charge in [-0.05, 0) is 36.4 Å². The van der Waals surface area contributed by atoms with Crippen LogP contribution in [0.5, 0.6) is 0 Å². The van der Waals surface area contributed by atoms with Crippen molar-refractivity contribution in [2.45, 2.75) is 19.8 Å². The van der Waals surface area contributed by atoms with Crippen LogP contribution in [-0.2, 0) is 0 Å². The van der Waals surface area contributed by atoms with E-state index in [1.54, 1.807) is 6.20 Å². The average molecular weight is 366 g/mol. The van der Waals surface area contributed by atoms with Gasteiger partial charge in [0.2, 0.25) is 0 Å². The minimum absolute atomic E-state index is 0.183. The third-order valence-electron chi connectivity index (χ3n) is 4.70. The van der Waals surface area contributed by atoms with E-state index in [0.717, 1.165) is 39.0 Å². The molecule has 2 aromatic carbocycles. The maximum absolute atomic E-state index is 5.94. The van der Waals surface area contributed by atoms with Crippen LogP contribution in [0.2, 0.25) is 0 Å². The first-order chi connectivity index (χ1) is 13.7. The van der Waals surface area contributed by atoms with Crippen molar-refractivity contribution in [3.63, 3.8) is 0 Å². The lowest BCUT2D eigenvalue weighted by Gasteiger charge is -2.09. The number of aromatic nitrogens is 4. The molecule has 0 bridgehead atoms. The molecule has 0 aliphatic rings. The maximum Gasteiger partial charge on any atom is 0.182 e. The van der Waals surface area contributed by atoms with Crippen LogP contribution < -0.4 is 0 Å². The van der Waals surface area contributed by atoms with Gasteiger partial charge in [0, 0.05) is 28.5 Å². The van der Waals surface area contributed by atoms with Gasteiger partial charge in [-0.3, -0.25) is 4.98 Å². The lowest BCUT2D eigenvalue weighted by molar-refractivity contribution is 0.669. The molecule has 0 aliphatic carbocycles. The molecule has 0 saturated heterocycles. The van der Waals surface area contributed by atoms with Gasteiger partial charge in [-0.2, -0.15) is 0 Å². The van der Waals surface area contributed by atoms with Crippen LogP contribution in [0.3, 0.4) is 0 Å². The molecule has 0 N–H and O–H groups in total. The second kappa shape index (κ2) is 6.53. The lowest BCUT2D eigenvalue weighted by Crippen LogP contribution is -2.05. The van der Waals surface area contributed by atoms with Gasteiger partial charge in [-0.15, -0.1) is 0 Å². The van der Waals surface area contributed by atoms with Crippen LogP contribution in [0, 0.1) is 0 Å². The van der Waals surface area contributed by atoms with Gasteiger partial charge in [0.15, 0.2) is 11.6 Å². The van der Waals surface area contributed by atoms with E-state index in [4.69, 9.17) is 14.4 Å². The number of benzene rings is 2. The molecule has 0 unspecified atom stereocenters. The van der Waals surface area contributed by atoms with E-state index < -0.39 is 0 Å². The Morgan fingerprint density at radius 2 is 1.54 bits per heavy atom. The molecule has 0 fully saturated rings. The van der Waals surface area contributed by atoms with Crippen molar-refractivity contribution in [1.82, 2.24) is 19.9 Å². The van der Waals surface area contributed by atoms with E-state index in [9.17, 15) is 0 Å². The molecule has 28 heavy (non-hydrogen) atoms. The summed E-state index contributed by atoms with van der Waals surface area (Å²) in [5.74, 6) is 2.17. The van der Waals surface area contributed by atoms with Crippen molar-refractivity contribution in [1.29, 1.82) is 0 Å². The van der Waals surface area contributed by atoms with Crippen LogP contribution in [-0.4, -0.2) is 19.9 Å². The van der Waals surface area contributed by atoms with Crippen molar-refractivity contribution in [2.24, 2.45) is 0 Å². The summed E-state index contributed by atoms with van der Waals surface area (Å²) in [7, 11) is 0. The Morgan fingerprint density at radius 3 is 2.36 bits per heavy atom. The van der Waals surface area contributed by atoms with Gasteiger partial charge < -0.3 is 4.42 Å². The molecule has 0 amide bonds. The predicted octanol–water partition coefficient (Wildman–Crippen LogP) is 5.62. The summed E-state index contributed by atoms with van der Waals surface area (Å²) in [5.41, 5.74) is 3.40. The number of fused-ring (bicyclic) bond motifs is 3. The fourth-order valence-electron chi connectivity index (χ4n) is 3.25. The minimum atomic E-state index is 0.183. The molecular weight excluding hydrogens is 348 g/mol. The van der Waals surface area contributed by atoms with Crippen LogP contribution in [0.4, 0.5) is 0 Å². The Morgan fingerprint density at radius 1 is 0.750 bits per heavy atom. The van der Waals surface area contributed by atoms with Crippen molar-refractivity contribution >= 4 is 21.9 Å². The van der Waals surface area contributed by atoms with Gasteiger partial charge in [-0.1, -0.05) is 38.1 Å². The van der Waals surface area contributed by atoms with E-state index in [-0.39, 0.29) is 5.92 Å². The van der Waals surface area contributed by atoms with E-state index in [0.29, 0.717) is 11.6 Å². The molecule has 5 heteroatoms. The van der Waals surface area contributed by atoms with Gasteiger partial charge in [0.05, 0.1) is 0 Å². The molecule has 0 atom stereocenters.